The van der Waals surface area contributed by atoms with Crippen LogP contribution in [0, 0.1) is 0 Å². The number of nitrogens with zero attached hydrogens (tertiary/aromatic N) is 5. The zero-order valence-electron chi connectivity index (χ0n) is 17.3. The number of carbonyl (C=O) groups excluding carboxylic acids is 2. The Hall–Kier alpha value is -4.44. The second-order valence-electron chi connectivity index (χ2n) is 6.64. The van der Waals surface area contributed by atoms with Crippen molar-refractivity contribution in [3.8, 4) is 17.3 Å². The highest BCUT2D eigenvalue weighted by Gasteiger charge is 2.34. The Morgan fingerprint density at radius 2 is 1.57 bits per heavy atom. The third kappa shape index (κ3) is 6.78. The van der Waals surface area contributed by atoms with Gasteiger partial charge in [0, 0.05) is 11.6 Å². The fourth-order valence-electron chi connectivity index (χ4n) is 2.71. The second kappa shape index (κ2) is 9.43. The zero-order chi connectivity index (χ0) is 26.0. The van der Waals surface area contributed by atoms with E-state index in [-0.39, 0.29) is 17.3 Å². The first-order chi connectivity index (χ1) is 16.2. The molecule has 0 aliphatic carbocycles. The molecule has 2 amide bonds. The molecular formula is C18H13F6N7O4. The van der Waals surface area contributed by atoms with E-state index in [1.54, 1.807) is 0 Å². The van der Waals surface area contributed by atoms with E-state index in [0.29, 0.717) is 18.2 Å². The van der Waals surface area contributed by atoms with Crippen LogP contribution in [0.2, 0.25) is 0 Å². The van der Waals surface area contributed by atoms with E-state index in [0.717, 1.165) is 23.4 Å². The first-order valence-electron chi connectivity index (χ1n) is 9.21. The molecule has 1 aromatic carbocycles. The number of rotatable bonds is 7. The lowest BCUT2D eigenvalue weighted by Gasteiger charge is -2.16. The minimum Gasteiger partial charge on any atom is -0.406 e. The first-order valence-corrected chi connectivity index (χ1v) is 9.21. The van der Waals surface area contributed by atoms with Crippen molar-refractivity contribution in [2.24, 2.45) is 5.73 Å². The fourth-order valence-corrected chi connectivity index (χ4v) is 2.71. The van der Waals surface area contributed by atoms with Crippen LogP contribution in [0.3, 0.4) is 0 Å². The molecule has 0 bridgehead atoms. The van der Waals surface area contributed by atoms with Crippen molar-refractivity contribution >= 4 is 11.8 Å². The van der Waals surface area contributed by atoms with Crippen LogP contribution in [0.25, 0.3) is 5.82 Å². The van der Waals surface area contributed by atoms with Crippen LogP contribution >= 0.6 is 0 Å². The lowest BCUT2D eigenvalue weighted by atomic mass is 10.1. The number of nitrogens with two attached hydrogens (primary N) is 1. The quantitative estimate of drug-likeness (QED) is 0.466. The third-order valence-electron chi connectivity index (χ3n) is 4.03. The molecule has 0 saturated carbocycles. The summed E-state index contributed by atoms with van der Waals surface area (Å²) in [5.74, 6) is -3.98. The number of hydrogen-bond acceptors (Lipinski definition) is 8. The Morgan fingerprint density at radius 1 is 0.971 bits per heavy atom. The normalized spacial score (nSPS) is 12.7. The van der Waals surface area contributed by atoms with Crippen LogP contribution in [0.1, 0.15) is 39.6 Å². The van der Waals surface area contributed by atoms with Gasteiger partial charge < -0.3 is 20.5 Å². The molecule has 0 aliphatic rings. The molecule has 0 spiro atoms. The standard InChI is InChI=1S/C18H13F6N7O4/c1-8(15-28-7-29-31(15)13-6-26-12(5-27-13)14(25)32)30-16(33)9-2-10(34-17(19,20)21)4-11(3-9)35-18(22,23)24/h2-8H,1H3,(H2,25,32)(H,30,33)/t8-/m0/s1. The number of ether oxygens (including phenoxy) is 2. The van der Waals surface area contributed by atoms with Gasteiger partial charge in [0.2, 0.25) is 0 Å². The summed E-state index contributed by atoms with van der Waals surface area (Å²) in [6.45, 7) is 1.41. The number of aromatic nitrogens is 5. The number of halogens is 6. The van der Waals surface area contributed by atoms with Gasteiger partial charge in [-0.25, -0.2) is 15.0 Å². The number of amides is 2. The lowest BCUT2D eigenvalue weighted by Crippen LogP contribution is -2.29. The monoisotopic (exact) mass is 505 g/mol. The maximum absolute atomic E-state index is 12.6. The topological polar surface area (TPSA) is 147 Å². The maximum atomic E-state index is 12.6. The van der Waals surface area contributed by atoms with Gasteiger partial charge in [0.25, 0.3) is 11.8 Å². The summed E-state index contributed by atoms with van der Waals surface area (Å²) >= 11 is 0. The average molecular weight is 505 g/mol. The van der Waals surface area contributed by atoms with Gasteiger partial charge in [0.05, 0.1) is 18.4 Å². The smallest absolute Gasteiger partial charge is 0.406 e. The predicted octanol–water partition coefficient (Wildman–Crippen LogP) is 2.44. The molecule has 11 nitrogen and oxygen atoms in total. The van der Waals surface area contributed by atoms with E-state index >= 15 is 0 Å². The Bertz CT molecular complexity index is 1190. The fraction of sp³-hybridized carbons (Fsp3) is 0.222. The maximum Gasteiger partial charge on any atom is 0.573 e. The van der Waals surface area contributed by atoms with Gasteiger partial charge in [0.1, 0.15) is 23.5 Å². The number of primary amides is 1. The van der Waals surface area contributed by atoms with Crippen LogP contribution in [0.15, 0.2) is 36.9 Å². The Kier molecular flexibility index (Phi) is 6.79. The Labute approximate surface area is 190 Å². The lowest BCUT2D eigenvalue weighted by molar-refractivity contribution is -0.276. The van der Waals surface area contributed by atoms with Crippen LogP contribution < -0.4 is 20.5 Å². The average Bonchev–Trinajstić information content (AvgIpc) is 3.21. The third-order valence-corrected chi connectivity index (χ3v) is 4.03. The van der Waals surface area contributed by atoms with Crippen molar-refractivity contribution in [2.75, 3.05) is 0 Å². The van der Waals surface area contributed by atoms with Gasteiger partial charge in [-0.15, -0.1) is 26.3 Å². The minimum absolute atomic E-state index is 0.0638. The number of benzene rings is 1. The number of carbonyl (C=O) groups is 2. The number of nitrogens with one attached hydrogen (secondary N) is 1. The van der Waals surface area contributed by atoms with E-state index in [2.05, 4.69) is 34.8 Å². The summed E-state index contributed by atoms with van der Waals surface area (Å²) in [5.41, 5.74) is 4.33. The molecule has 0 unspecified atom stereocenters. The molecule has 186 valence electrons. The first kappa shape index (κ1) is 25.2. The predicted molar refractivity (Wildman–Crippen MR) is 101 cm³/mol. The summed E-state index contributed by atoms with van der Waals surface area (Å²) in [6.07, 6.45) is -7.17. The van der Waals surface area contributed by atoms with E-state index in [1.807, 2.05) is 0 Å². The summed E-state index contributed by atoms with van der Waals surface area (Å²) in [5, 5.41) is 6.28. The molecule has 0 fully saturated rings. The van der Waals surface area contributed by atoms with Gasteiger partial charge in [-0.05, 0) is 19.1 Å². The molecule has 0 saturated heterocycles. The highest BCUT2D eigenvalue weighted by atomic mass is 19.4. The Morgan fingerprint density at radius 3 is 2.06 bits per heavy atom. The van der Waals surface area contributed by atoms with Gasteiger partial charge in [-0.2, -0.15) is 9.78 Å². The van der Waals surface area contributed by atoms with Gasteiger partial charge in [0.15, 0.2) is 11.6 Å². The van der Waals surface area contributed by atoms with Crippen LogP contribution in [-0.4, -0.2) is 49.3 Å². The zero-order valence-corrected chi connectivity index (χ0v) is 17.3. The second-order valence-corrected chi connectivity index (χ2v) is 6.64. The molecule has 3 aromatic rings. The highest BCUT2D eigenvalue weighted by Crippen LogP contribution is 2.31. The molecule has 3 rings (SSSR count). The van der Waals surface area contributed by atoms with Crippen molar-refractivity contribution < 1.29 is 45.4 Å². The molecule has 0 radical (unpaired) electrons. The van der Waals surface area contributed by atoms with Crippen molar-refractivity contribution in [3.05, 3.63) is 54.0 Å². The number of hydrogen-bond donors (Lipinski definition) is 2. The molecule has 0 aliphatic heterocycles. The largest absolute Gasteiger partial charge is 0.573 e. The van der Waals surface area contributed by atoms with Crippen LogP contribution in [0.5, 0.6) is 11.5 Å². The molecule has 1 atom stereocenters. The van der Waals surface area contributed by atoms with E-state index < -0.39 is 47.6 Å². The molecule has 35 heavy (non-hydrogen) atoms. The minimum atomic E-state index is -5.24. The van der Waals surface area contributed by atoms with Crippen LogP contribution in [-0.2, 0) is 0 Å². The summed E-state index contributed by atoms with van der Waals surface area (Å²) < 4.78 is 83.8. The number of alkyl halides is 6. The highest BCUT2D eigenvalue weighted by molar-refractivity contribution is 5.95. The SMILES string of the molecule is C[C@H](NC(=O)c1cc(OC(F)(F)F)cc(OC(F)(F)F)c1)c1ncnn1-c1cnc(C(N)=O)cn1. The van der Waals surface area contributed by atoms with E-state index in [1.165, 1.54) is 6.92 Å². The summed E-state index contributed by atoms with van der Waals surface area (Å²) in [4.78, 5) is 35.5. The van der Waals surface area contributed by atoms with Crippen molar-refractivity contribution in [1.82, 2.24) is 30.0 Å². The van der Waals surface area contributed by atoms with Crippen molar-refractivity contribution in [1.29, 1.82) is 0 Å². The Balaban J connectivity index is 1.86. The molecule has 2 aromatic heterocycles. The van der Waals surface area contributed by atoms with Crippen molar-refractivity contribution in [2.45, 2.75) is 25.7 Å². The van der Waals surface area contributed by atoms with Gasteiger partial charge in [-0.1, -0.05) is 0 Å². The molecule has 2 heterocycles. The summed E-state index contributed by atoms with van der Waals surface area (Å²) in [6, 6.07) is 0.503. The van der Waals surface area contributed by atoms with Gasteiger partial charge >= 0.3 is 12.7 Å². The molecule has 3 N–H and O–H groups in total. The van der Waals surface area contributed by atoms with E-state index in [4.69, 9.17) is 5.73 Å². The van der Waals surface area contributed by atoms with Gasteiger partial charge in [-0.3, -0.25) is 9.59 Å². The summed E-state index contributed by atoms with van der Waals surface area (Å²) in [7, 11) is 0. The molecular weight excluding hydrogens is 492 g/mol. The van der Waals surface area contributed by atoms with Crippen LogP contribution in [0.4, 0.5) is 26.3 Å². The van der Waals surface area contributed by atoms with E-state index in [9.17, 15) is 35.9 Å². The van der Waals surface area contributed by atoms with Crippen molar-refractivity contribution in [3.63, 3.8) is 0 Å². The molecule has 17 heteroatoms.